The molecule has 1 N–H and O–H groups in total. The number of furan rings is 1. The van der Waals surface area contributed by atoms with Crippen LogP contribution < -0.4 is 0 Å². The molecule has 3 heterocycles. The third-order valence-corrected chi connectivity index (χ3v) is 11.7. The monoisotopic (exact) mass is 554 g/mol. The van der Waals surface area contributed by atoms with Gasteiger partial charge < -0.3 is 28.5 Å². The predicted octanol–water partition coefficient (Wildman–Crippen LogP) is 4.72. The zero-order valence-corrected chi connectivity index (χ0v) is 24.6. The van der Waals surface area contributed by atoms with Gasteiger partial charge in [-0.1, -0.05) is 32.4 Å². The molecular formula is C32H42O8. The van der Waals surface area contributed by atoms with Gasteiger partial charge >= 0.3 is 11.9 Å². The van der Waals surface area contributed by atoms with E-state index >= 15 is 0 Å². The minimum absolute atomic E-state index is 0.120. The molecule has 1 aromatic rings. The van der Waals surface area contributed by atoms with E-state index in [0.717, 1.165) is 12.0 Å². The lowest BCUT2D eigenvalue weighted by atomic mass is 9.40. The molecule has 8 heteroatoms. The Hall–Kier alpha value is -2.42. The third-order valence-electron chi connectivity index (χ3n) is 11.7. The third kappa shape index (κ3) is 3.48. The maximum atomic E-state index is 13.2. The van der Waals surface area contributed by atoms with Crippen molar-refractivity contribution in [2.75, 3.05) is 13.7 Å². The summed E-state index contributed by atoms with van der Waals surface area (Å²) >= 11 is 0. The number of hydrogen-bond donors (Lipinski definition) is 1. The zero-order valence-electron chi connectivity index (χ0n) is 24.6. The smallest absolute Gasteiger partial charge is 0.333 e. The van der Waals surface area contributed by atoms with Crippen molar-refractivity contribution in [1.82, 2.24) is 0 Å². The van der Waals surface area contributed by atoms with Gasteiger partial charge in [0, 0.05) is 46.5 Å². The first-order valence-electron chi connectivity index (χ1n) is 14.5. The molecule has 40 heavy (non-hydrogen) atoms. The highest BCUT2D eigenvalue weighted by molar-refractivity contribution is 5.87. The van der Waals surface area contributed by atoms with Crippen molar-refractivity contribution in [2.24, 2.45) is 28.1 Å². The summed E-state index contributed by atoms with van der Waals surface area (Å²) in [5.74, 6) is -1.02. The van der Waals surface area contributed by atoms with Gasteiger partial charge in [-0.3, -0.25) is 4.79 Å². The Morgan fingerprint density at radius 2 is 1.98 bits per heavy atom. The Balaban J connectivity index is 1.54. The molecule has 1 aromatic heterocycles. The predicted molar refractivity (Wildman–Crippen MR) is 145 cm³/mol. The van der Waals surface area contributed by atoms with Crippen molar-refractivity contribution in [3.05, 3.63) is 47.0 Å². The van der Waals surface area contributed by atoms with E-state index in [2.05, 4.69) is 27.7 Å². The largest absolute Gasteiger partial charge is 0.472 e. The Bertz CT molecular complexity index is 1260. The van der Waals surface area contributed by atoms with Gasteiger partial charge in [-0.05, 0) is 50.3 Å². The second kappa shape index (κ2) is 9.30. The molecule has 218 valence electrons. The van der Waals surface area contributed by atoms with Crippen LogP contribution in [0.4, 0.5) is 0 Å². The highest BCUT2D eigenvalue weighted by Gasteiger charge is 2.78. The number of carbonyl (C=O) groups excluding carboxylic acids is 2. The minimum Gasteiger partial charge on any atom is -0.472 e. The topological polar surface area (TPSA) is 104 Å². The van der Waals surface area contributed by atoms with Crippen LogP contribution in [0.2, 0.25) is 0 Å². The fraction of sp³-hybridized carbons (Fsp3) is 0.688. The maximum Gasteiger partial charge on any atom is 0.333 e. The summed E-state index contributed by atoms with van der Waals surface area (Å²) in [4.78, 5) is 26.4. The van der Waals surface area contributed by atoms with E-state index in [1.54, 1.807) is 32.4 Å². The standard InChI is InChI=1S/C32H42O8/c1-8-16(2)29(35)40-23-13-22(33)30(4)15-38-26-27(30)31(23,5)21(12-24(34)36-7)32(6)25-17(3)19(18-9-10-37-14-18)11-20(25)39-28(26)32/h8-10,14,19-23,26-28,33H,11-13,15H2,1-7H3/b16-8-/t19-,20-,21-,22-,23+,26-,27+,28-,30-,31+,32-/m1/s1. The van der Waals surface area contributed by atoms with Crippen LogP contribution in [0.25, 0.3) is 0 Å². The summed E-state index contributed by atoms with van der Waals surface area (Å²) in [5.41, 5.74) is 2.24. The summed E-state index contributed by atoms with van der Waals surface area (Å²) in [6.07, 6.45) is 4.37. The van der Waals surface area contributed by atoms with E-state index in [4.69, 9.17) is 23.4 Å². The van der Waals surface area contributed by atoms with Gasteiger partial charge in [0.05, 0.1) is 50.7 Å². The molecule has 2 saturated heterocycles. The summed E-state index contributed by atoms with van der Waals surface area (Å²) in [6.45, 7) is 12.5. The van der Waals surface area contributed by atoms with Gasteiger partial charge in [0.1, 0.15) is 6.10 Å². The summed E-state index contributed by atoms with van der Waals surface area (Å²) in [5, 5.41) is 11.5. The number of carbonyl (C=O) groups is 2. The SMILES string of the molecule is C/C=C(/C)C(=O)O[C@H]1C[C@@H](O)[C@@]2(C)CO[C@H]3[C@H]4O[C@@H]5C[C@@H](c6ccoc6)C(C)=C5[C@@]4(C)[C@H](CC(=O)OC)[C@]1(C)[C@@H]32. The van der Waals surface area contributed by atoms with E-state index in [0.29, 0.717) is 12.2 Å². The van der Waals surface area contributed by atoms with Crippen molar-refractivity contribution in [3.63, 3.8) is 0 Å². The molecule has 2 saturated carbocycles. The lowest BCUT2D eigenvalue weighted by molar-refractivity contribution is -0.248. The maximum absolute atomic E-state index is 13.2. The van der Waals surface area contributed by atoms with Crippen LogP contribution in [0.15, 0.2) is 45.8 Å². The second-order valence-electron chi connectivity index (χ2n) is 13.3. The number of rotatable bonds is 5. The number of hydrogen-bond acceptors (Lipinski definition) is 8. The average molecular weight is 555 g/mol. The van der Waals surface area contributed by atoms with Gasteiger partial charge in [-0.2, -0.15) is 0 Å². The van der Waals surface area contributed by atoms with E-state index < -0.39 is 34.4 Å². The number of fused-ring (bicyclic) bond motifs is 4. The lowest BCUT2D eigenvalue weighted by Crippen LogP contribution is -2.70. The Kier molecular flexibility index (Phi) is 6.45. The number of ether oxygens (including phenoxy) is 4. The first-order valence-corrected chi connectivity index (χ1v) is 14.5. The molecule has 0 unspecified atom stereocenters. The first-order chi connectivity index (χ1) is 18.9. The minimum atomic E-state index is -0.727. The van der Waals surface area contributed by atoms with Crippen LogP contribution in [0.3, 0.4) is 0 Å². The van der Waals surface area contributed by atoms with Crippen LogP contribution in [-0.4, -0.2) is 61.3 Å². The molecule has 5 aliphatic rings. The zero-order chi connectivity index (χ0) is 28.8. The second-order valence-corrected chi connectivity index (χ2v) is 13.3. The number of allylic oxidation sites excluding steroid dienone is 2. The van der Waals surface area contributed by atoms with E-state index in [9.17, 15) is 14.7 Å². The molecule has 4 fully saturated rings. The average Bonchev–Trinajstić information content (AvgIpc) is 3.70. The molecule has 3 aliphatic carbocycles. The lowest BCUT2D eigenvalue weighted by Gasteiger charge is -2.65. The van der Waals surface area contributed by atoms with Gasteiger partial charge in [0.2, 0.25) is 0 Å². The van der Waals surface area contributed by atoms with Crippen molar-refractivity contribution in [1.29, 1.82) is 0 Å². The van der Waals surface area contributed by atoms with Crippen LogP contribution in [-0.2, 0) is 28.5 Å². The van der Waals surface area contributed by atoms with Crippen molar-refractivity contribution < 1.29 is 38.1 Å². The van der Waals surface area contributed by atoms with Crippen LogP contribution >= 0.6 is 0 Å². The van der Waals surface area contributed by atoms with Crippen LogP contribution in [0, 0.1) is 28.1 Å². The molecule has 2 aliphatic heterocycles. The number of aliphatic hydroxyl groups is 1. The quantitative estimate of drug-likeness (QED) is 0.317. The van der Waals surface area contributed by atoms with Crippen molar-refractivity contribution in [3.8, 4) is 0 Å². The molecule has 0 radical (unpaired) electrons. The summed E-state index contributed by atoms with van der Waals surface area (Å²) in [6, 6.07) is 2.01. The van der Waals surface area contributed by atoms with Crippen molar-refractivity contribution >= 4 is 11.9 Å². The van der Waals surface area contributed by atoms with Crippen LogP contribution in [0.5, 0.6) is 0 Å². The molecular weight excluding hydrogens is 512 g/mol. The fourth-order valence-electron chi connectivity index (χ4n) is 9.66. The van der Waals surface area contributed by atoms with Gasteiger partial charge in [0.15, 0.2) is 0 Å². The Labute approximate surface area is 236 Å². The highest BCUT2D eigenvalue weighted by Crippen LogP contribution is 2.73. The molecule has 0 aromatic carbocycles. The van der Waals surface area contributed by atoms with E-state index in [-0.39, 0.29) is 54.9 Å². The molecule has 0 amide bonds. The van der Waals surface area contributed by atoms with Gasteiger partial charge in [-0.15, -0.1) is 0 Å². The van der Waals surface area contributed by atoms with Gasteiger partial charge in [0.25, 0.3) is 0 Å². The van der Waals surface area contributed by atoms with Gasteiger partial charge in [-0.25, -0.2) is 4.79 Å². The summed E-state index contributed by atoms with van der Waals surface area (Å²) < 4.78 is 30.5. The normalized spacial score (nSPS) is 45.6. The molecule has 0 bridgehead atoms. The Morgan fingerprint density at radius 1 is 1.23 bits per heavy atom. The summed E-state index contributed by atoms with van der Waals surface area (Å²) in [7, 11) is 1.42. The number of aliphatic hydroxyl groups excluding tert-OH is 1. The molecule has 6 rings (SSSR count). The molecule has 0 spiro atoms. The molecule has 11 atom stereocenters. The van der Waals surface area contributed by atoms with Crippen molar-refractivity contribution in [2.45, 2.75) is 97.2 Å². The first kappa shape index (κ1) is 27.7. The number of methoxy groups -OCH3 is 1. The Morgan fingerprint density at radius 3 is 2.62 bits per heavy atom. The number of esters is 2. The van der Waals surface area contributed by atoms with E-state index in [1.165, 1.54) is 18.3 Å². The highest BCUT2D eigenvalue weighted by atomic mass is 16.6. The molecule has 8 nitrogen and oxygen atoms in total. The van der Waals surface area contributed by atoms with Crippen LogP contribution in [0.1, 0.15) is 72.3 Å². The fourth-order valence-corrected chi connectivity index (χ4v) is 9.66. The van der Waals surface area contributed by atoms with E-state index in [1.807, 2.05) is 6.07 Å².